The summed E-state index contributed by atoms with van der Waals surface area (Å²) in [5, 5.41) is 8.38. The number of amides is 1. The van der Waals surface area contributed by atoms with Gasteiger partial charge in [0.15, 0.2) is 5.82 Å². The minimum absolute atomic E-state index is 0.266. The average molecular weight is 378 g/mol. The van der Waals surface area contributed by atoms with Crippen LogP contribution < -0.4 is 5.32 Å². The van der Waals surface area contributed by atoms with Gasteiger partial charge in [0.25, 0.3) is 5.91 Å². The Balaban J connectivity index is 1.84. The molecule has 4 rings (SSSR count). The third-order valence-corrected chi connectivity index (χ3v) is 4.58. The third kappa shape index (κ3) is 3.39. The Kier molecular flexibility index (Phi) is 4.33. The lowest BCUT2D eigenvalue weighted by atomic mass is 10.0. The second-order valence-electron chi connectivity index (χ2n) is 6.20. The van der Waals surface area contributed by atoms with Crippen LogP contribution in [0.3, 0.4) is 0 Å². The number of rotatable bonds is 3. The molecule has 0 unspecified atom stereocenters. The fraction of sp³-hybridized carbons (Fsp3) is 0.100. The third-order valence-electron chi connectivity index (χ3n) is 4.35. The first-order valence-electron chi connectivity index (χ1n) is 8.34. The smallest absolute Gasteiger partial charge is 0.257 e. The number of carbonyl (C=O) groups is 1. The molecule has 0 atom stereocenters. The van der Waals surface area contributed by atoms with Crippen LogP contribution in [0, 0.1) is 6.92 Å². The summed E-state index contributed by atoms with van der Waals surface area (Å²) in [6, 6.07) is 12.6. The maximum absolute atomic E-state index is 13.0. The zero-order valence-corrected chi connectivity index (χ0v) is 15.5. The standard InChI is InChI=1S/C20H16ClN5O/c1-12-9-19(25-26(12)2)24-20(27)16-11-18(13-5-7-22-8-6-13)23-17-4-3-14(21)10-15(16)17/h3-11H,1-2H3,(H,24,25,27). The lowest BCUT2D eigenvalue weighted by molar-refractivity contribution is 0.102. The number of aromatic nitrogens is 4. The Bertz CT molecular complexity index is 1130. The van der Waals surface area contributed by atoms with E-state index in [-0.39, 0.29) is 5.91 Å². The number of fused-ring (bicyclic) bond motifs is 1. The number of benzene rings is 1. The maximum atomic E-state index is 13.0. The fourth-order valence-electron chi connectivity index (χ4n) is 2.86. The molecular weight excluding hydrogens is 362 g/mol. The first kappa shape index (κ1) is 17.2. The van der Waals surface area contributed by atoms with Gasteiger partial charge in [0.2, 0.25) is 0 Å². The van der Waals surface area contributed by atoms with Crippen LogP contribution in [0.1, 0.15) is 16.1 Å². The number of hydrogen-bond donors (Lipinski definition) is 1. The number of carbonyl (C=O) groups excluding carboxylic acids is 1. The van der Waals surface area contributed by atoms with Gasteiger partial charge in [-0.3, -0.25) is 14.5 Å². The van der Waals surface area contributed by atoms with Gasteiger partial charge in [-0.05, 0) is 43.3 Å². The van der Waals surface area contributed by atoms with E-state index in [1.807, 2.05) is 38.2 Å². The highest BCUT2D eigenvalue weighted by molar-refractivity contribution is 6.31. The molecule has 0 saturated heterocycles. The van der Waals surface area contributed by atoms with Crippen molar-refractivity contribution in [3.63, 3.8) is 0 Å². The molecule has 0 aliphatic carbocycles. The van der Waals surface area contributed by atoms with Crippen LogP contribution in [0.5, 0.6) is 0 Å². The van der Waals surface area contributed by atoms with Crippen LogP contribution in [0.2, 0.25) is 5.02 Å². The van der Waals surface area contributed by atoms with Gasteiger partial charge in [0, 0.05) is 47.2 Å². The fourth-order valence-corrected chi connectivity index (χ4v) is 3.03. The average Bonchev–Trinajstić information content (AvgIpc) is 2.98. The molecule has 134 valence electrons. The molecule has 1 amide bonds. The molecule has 3 heterocycles. The minimum Gasteiger partial charge on any atom is -0.305 e. The summed E-state index contributed by atoms with van der Waals surface area (Å²) >= 11 is 6.15. The highest BCUT2D eigenvalue weighted by Gasteiger charge is 2.16. The molecule has 0 saturated carbocycles. The van der Waals surface area contributed by atoms with E-state index in [0.717, 1.165) is 11.3 Å². The van der Waals surface area contributed by atoms with Gasteiger partial charge in [0.1, 0.15) is 0 Å². The molecule has 1 N–H and O–H groups in total. The first-order valence-corrected chi connectivity index (χ1v) is 8.72. The van der Waals surface area contributed by atoms with Crippen LogP contribution >= 0.6 is 11.6 Å². The topological polar surface area (TPSA) is 72.7 Å². The summed E-state index contributed by atoms with van der Waals surface area (Å²) in [6.07, 6.45) is 3.39. The summed E-state index contributed by atoms with van der Waals surface area (Å²) in [5.74, 6) is 0.232. The van der Waals surface area contributed by atoms with Gasteiger partial charge in [0.05, 0.1) is 16.8 Å². The van der Waals surface area contributed by atoms with Crippen molar-refractivity contribution in [3.8, 4) is 11.3 Å². The Morgan fingerprint density at radius 3 is 2.59 bits per heavy atom. The van der Waals surface area contributed by atoms with Gasteiger partial charge in [-0.2, -0.15) is 5.10 Å². The summed E-state index contributed by atoms with van der Waals surface area (Å²) in [5.41, 5.74) is 3.69. The van der Waals surface area contributed by atoms with Gasteiger partial charge in [-0.25, -0.2) is 4.98 Å². The molecule has 7 heteroatoms. The second-order valence-corrected chi connectivity index (χ2v) is 6.64. The number of pyridine rings is 2. The Hall–Kier alpha value is -3.25. The molecule has 4 aromatic rings. The summed E-state index contributed by atoms with van der Waals surface area (Å²) in [7, 11) is 1.83. The van der Waals surface area contributed by atoms with Crippen molar-refractivity contribution in [1.29, 1.82) is 0 Å². The molecule has 27 heavy (non-hydrogen) atoms. The van der Waals surface area contributed by atoms with Crippen LogP contribution in [-0.4, -0.2) is 25.7 Å². The van der Waals surface area contributed by atoms with E-state index in [9.17, 15) is 4.79 Å². The van der Waals surface area contributed by atoms with Crippen molar-refractivity contribution in [2.24, 2.45) is 7.05 Å². The predicted octanol–water partition coefficient (Wildman–Crippen LogP) is 4.24. The summed E-state index contributed by atoms with van der Waals surface area (Å²) in [6.45, 7) is 1.92. The van der Waals surface area contributed by atoms with E-state index in [0.29, 0.717) is 33.0 Å². The summed E-state index contributed by atoms with van der Waals surface area (Å²) < 4.78 is 1.71. The van der Waals surface area contributed by atoms with E-state index in [4.69, 9.17) is 11.6 Å². The number of anilines is 1. The molecule has 0 fully saturated rings. The summed E-state index contributed by atoms with van der Waals surface area (Å²) in [4.78, 5) is 21.7. The van der Waals surface area contributed by atoms with Gasteiger partial charge in [-0.15, -0.1) is 0 Å². The predicted molar refractivity (Wildman–Crippen MR) is 106 cm³/mol. The highest BCUT2D eigenvalue weighted by atomic mass is 35.5. The van der Waals surface area contributed by atoms with Crippen molar-refractivity contribution in [1.82, 2.24) is 19.7 Å². The first-order chi connectivity index (χ1) is 13.0. The number of halogens is 1. The molecule has 0 aliphatic rings. The van der Waals surface area contributed by atoms with Crippen LogP contribution in [0.25, 0.3) is 22.2 Å². The SMILES string of the molecule is Cc1cc(NC(=O)c2cc(-c3ccncc3)nc3ccc(Cl)cc23)nn1C. The molecule has 1 aromatic carbocycles. The minimum atomic E-state index is -0.266. The van der Waals surface area contributed by atoms with Gasteiger partial charge in [-0.1, -0.05) is 11.6 Å². The van der Waals surface area contributed by atoms with Crippen molar-refractivity contribution in [2.75, 3.05) is 5.32 Å². The number of aryl methyl sites for hydroxylation is 2. The van der Waals surface area contributed by atoms with Crippen LogP contribution in [-0.2, 0) is 7.05 Å². The van der Waals surface area contributed by atoms with Crippen LogP contribution in [0.4, 0.5) is 5.82 Å². The molecule has 3 aromatic heterocycles. The Morgan fingerprint density at radius 1 is 1.11 bits per heavy atom. The molecule has 6 nitrogen and oxygen atoms in total. The largest absolute Gasteiger partial charge is 0.305 e. The monoisotopic (exact) mass is 377 g/mol. The van der Waals surface area contributed by atoms with Crippen LogP contribution in [0.15, 0.2) is 54.9 Å². The molecule has 0 aliphatic heterocycles. The number of hydrogen-bond acceptors (Lipinski definition) is 4. The van der Waals surface area contributed by atoms with Crippen molar-refractivity contribution in [2.45, 2.75) is 6.92 Å². The van der Waals surface area contributed by atoms with Crippen molar-refractivity contribution in [3.05, 3.63) is 71.1 Å². The zero-order valence-electron chi connectivity index (χ0n) is 14.8. The normalized spacial score (nSPS) is 10.9. The number of nitrogens with zero attached hydrogens (tertiary/aromatic N) is 4. The highest BCUT2D eigenvalue weighted by Crippen LogP contribution is 2.27. The van der Waals surface area contributed by atoms with E-state index in [1.165, 1.54) is 0 Å². The second kappa shape index (κ2) is 6.81. The lowest BCUT2D eigenvalue weighted by Crippen LogP contribution is -2.13. The Morgan fingerprint density at radius 2 is 1.89 bits per heavy atom. The zero-order chi connectivity index (χ0) is 19.0. The van der Waals surface area contributed by atoms with E-state index < -0.39 is 0 Å². The number of nitrogens with one attached hydrogen (secondary N) is 1. The maximum Gasteiger partial charge on any atom is 0.257 e. The Labute approximate surface area is 160 Å². The molecule has 0 bridgehead atoms. The van der Waals surface area contributed by atoms with Crippen molar-refractivity contribution >= 4 is 34.2 Å². The van der Waals surface area contributed by atoms with Gasteiger partial charge < -0.3 is 5.32 Å². The molecular formula is C20H16ClN5O. The molecule has 0 radical (unpaired) electrons. The van der Waals surface area contributed by atoms with E-state index in [1.54, 1.807) is 35.3 Å². The van der Waals surface area contributed by atoms with Gasteiger partial charge >= 0.3 is 0 Å². The quantitative estimate of drug-likeness (QED) is 0.579. The van der Waals surface area contributed by atoms with E-state index in [2.05, 4.69) is 20.4 Å². The van der Waals surface area contributed by atoms with Crippen molar-refractivity contribution < 1.29 is 4.79 Å². The van der Waals surface area contributed by atoms with E-state index >= 15 is 0 Å². The lowest BCUT2D eigenvalue weighted by Gasteiger charge is -2.10. The molecule has 0 spiro atoms.